The fourth-order valence-electron chi connectivity index (χ4n) is 3.24. The summed E-state index contributed by atoms with van der Waals surface area (Å²) in [6.45, 7) is 0. The molecule has 0 saturated heterocycles. The Morgan fingerprint density at radius 3 is 2.46 bits per heavy atom. The van der Waals surface area contributed by atoms with E-state index in [1.807, 2.05) is 43.1 Å². The molecule has 0 N–H and O–H groups in total. The standard InChI is InChI=1S/C22H16N4/c1-2-12-25(11-1)19-8-9-22-21(14-19)24-16-26(22)20-7-3-5-17(13-20)18-6-4-10-23-15-18/h1-16H. The largest absolute Gasteiger partial charge is 0.324 e. The normalized spacial score (nSPS) is 11.1. The maximum absolute atomic E-state index is 4.61. The molecule has 0 amide bonds. The zero-order chi connectivity index (χ0) is 17.3. The molecule has 124 valence electrons. The Balaban J connectivity index is 1.59. The van der Waals surface area contributed by atoms with Crippen LogP contribution in [0.1, 0.15) is 0 Å². The van der Waals surface area contributed by atoms with Gasteiger partial charge in [-0.25, -0.2) is 4.98 Å². The van der Waals surface area contributed by atoms with Crippen LogP contribution >= 0.6 is 0 Å². The van der Waals surface area contributed by atoms with Crippen LogP contribution in [-0.4, -0.2) is 19.1 Å². The second-order valence-electron chi connectivity index (χ2n) is 6.17. The molecule has 3 aromatic heterocycles. The zero-order valence-electron chi connectivity index (χ0n) is 14.0. The molecule has 2 aromatic carbocycles. The van der Waals surface area contributed by atoms with E-state index in [2.05, 4.69) is 67.6 Å². The van der Waals surface area contributed by atoms with Gasteiger partial charge in [0.1, 0.15) is 6.33 Å². The number of rotatable bonds is 3. The number of fused-ring (bicyclic) bond motifs is 1. The second kappa shape index (κ2) is 6.01. The van der Waals surface area contributed by atoms with Crippen molar-refractivity contribution >= 4 is 11.0 Å². The molecule has 4 nitrogen and oxygen atoms in total. The molecule has 0 aliphatic heterocycles. The van der Waals surface area contributed by atoms with Crippen molar-refractivity contribution in [2.75, 3.05) is 0 Å². The van der Waals surface area contributed by atoms with Crippen molar-refractivity contribution in [3.05, 3.63) is 97.8 Å². The summed E-state index contributed by atoms with van der Waals surface area (Å²) < 4.78 is 4.20. The smallest absolute Gasteiger partial charge is 0.100 e. The maximum Gasteiger partial charge on any atom is 0.100 e. The summed E-state index contributed by atoms with van der Waals surface area (Å²) in [6, 6.07) is 22.8. The average Bonchev–Trinajstić information content (AvgIpc) is 3.38. The van der Waals surface area contributed by atoms with Crippen LogP contribution in [0, 0.1) is 0 Å². The highest BCUT2D eigenvalue weighted by Gasteiger charge is 2.07. The summed E-state index contributed by atoms with van der Waals surface area (Å²) in [5.74, 6) is 0. The van der Waals surface area contributed by atoms with E-state index in [9.17, 15) is 0 Å². The zero-order valence-corrected chi connectivity index (χ0v) is 14.0. The van der Waals surface area contributed by atoms with Gasteiger partial charge in [0.05, 0.1) is 11.0 Å². The van der Waals surface area contributed by atoms with Crippen LogP contribution in [0.25, 0.3) is 33.5 Å². The van der Waals surface area contributed by atoms with E-state index in [4.69, 9.17) is 0 Å². The van der Waals surface area contributed by atoms with Crippen molar-refractivity contribution < 1.29 is 0 Å². The van der Waals surface area contributed by atoms with Crippen molar-refractivity contribution in [1.29, 1.82) is 0 Å². The van der Waals surface area contributed by atoms with Crippen LogP contribution in [0.4, 0.5) is 0 Å². The van der Waals surface area contributed by atoms with Crippen molar-refractivity contribution in [3.63, 3.8) is 0 Å². The lowest BCUT2D eigenvalue weighted by molar-refractivity contribution is 1.08. The SMILES string of the molecule is c1cncc(-c2cccc(-n3cnc4cc(-n5cccc5)ccc43)c2)c1. The average molecular weight is 336 g/mol. The monoisotopic (exact) mass is 336 g/mol. The molecule has 4 heteroatoms. The van der Waals surface area contributed by atoms with E-state index in [1.54, 1.807) is 6.20 Å². The first-order valence-corrected chi connectivity index (χ1v) is 8.50. The van der Waals surface area contributed by atoms with Crippen LogP contribution in [0.15, 0.2) is 97.8 Å². The molecule has 0 unspecified atom stereocenters. The molecule has 0 bridgehead atoms. The molecular weight excluding hydrogens is 320 g/mol. The van der Waals surface area contributed by atoms with E-state index >= 15 is 0 Å². The molecule has 26 heavy (non-hydrogen) atoms. The van der Waals surface area contributed by atoms with E-state index in [-0.39, 0.29) is 0 Å². The van der Waals surface area contributed by atoms with Gasteiger partial charge in [-0.15, -0.1) is 0 Å². The minimum atomic E-state index is 0.975. The first-order valence-electron chi connectivity index (χ1n) is 8.50. The molecule has 0 fully saturated rings. The number of benzene rings is 2. The van der Waals surface area contributed by atoms with E-state index in [0.717, 1.165) is 33.5 Å². The van der Waals surface area contributed by atoms with Crippen LogP contribution in [-0.2, 0) is 0 Å². The summed E-state index contributed by atoms with van der Waals surface area (Å²) in [5.41, 5.74) is 6.50. The van der Waals surface area contributed by atoms with Gasteiger partial charge in [-0.1, -0.05) is 18.2 Å². The summed E-state index contributed by atoms with van der Waals surface area (Å²) in [7, 11) is 0. The summed E-state index contributed by atoms with van der Waals surface area (Å²) in [4.78, 5) is 8.82. The van der Waals surface area contributed by atoms with E-state index in [0.29, 0.717) is 0 Å². The molecule has 0 radical (unpaired) electrons. The Hall–Kier alpha value is -3.66. The van der Waals surface area contributed by atoms with Gasteiger partial charge in [0.25, 0.3) is 0 Å². The van der Waals surface area contributed by atoms with Gasteiger partial charge < -0.3 is 4.57 Å². The highest BCUT2D eigenvalue weighted by molar-refractivity contribution is 5.80. The molecular formula is C22H16N4. The fourth-order valence-corrected chi connectivity index (χ4v) is 3.24. The number of hydrogen-bond donors (Lipinski definition) is 0. The minimum absolute atomic E-state index is 0.975. The van der Waals surface area contributed by atoms with Crippen molar-refractivity contribution in [2.45, 2.75) is 0 Å². The fraction of sp³-hybridized carbons (Fsp3) is 0. The molecule has 5 rings (SSSR count). The lowest BCUT2D eigenvalue weighted by atomic mass is 10.1. The number of imidazole rings is 1. The molecule has 0 atom stereocenters. The maximum atomic E-state index is 4.61. The highest BCUT2D eigenvalue weighted by Crippen LogP contribution is 2.25. The third-order valence-electron chi connectivity index (χ3n) is 4.55. The topological polar surface area (TPSA) is 35.6 Å². The van der Waals surface area contributed by atoms with Crippen molar-refractivity contribution in [2.24, 2.45) is 0 Å². The van der Waals surface area contributed by atoms with E-state index < -0.39 is 0 Å². The Kier molecular flexibility index (Phi) is 3.39. The van der Waals surface area contributed by atoms with Gasteiger partial charge in [0.2, 0.25) is 0 Å². The predicted octanol–water partition coefficient (Wildman–Crippen LogP) is 4.88. The van der Waals surface area contributed by atoms with Gasteiger partial charge in [-0.05, 0) is 54.1 Å². The summed E-state index contributed by atoms with van der Waals surface area (Å²) in [6.07, 6.45) is 9.63. The van der Waals surface area contributed by atoms with Gasteiger partial charge in [-0.3, -0.25) is 9.55 Å². The predicted molar refractivity (Wildman–Crippen MR) is 104 cm³/mol. The lowest BCUT2D eigenvalue weighted by Crippen LogP contribution is -1.93. The molecule has 0 aliphatic rings. The quantitative estimate of drug-likeness (QED) is 0.471. The second-order valence-corrected chi connectivity index (χ2v) is 6.17. The Labute approximate surface area is 151 Å². The minimum Gasteiger partial charge on any atom is -0.324 e. The van der Waals surface area contributed by atoms with Crippen LogP contribution < -0.4 is 0 Å². The van der Waals surface area contributed by atoms with Gasteiger partial charge in [0, 0.05) is 41.7 Å². The van der Waals surface area contributed by atoms with Crippen LogP contribution in [0.5, 0.6) is 0 Å². The summed E-state index contributed by atoms with van der Waals surface area (Å²) in [5, 5.41) is 0. The Morgan fingerprint density at radius 1 is 0.731 bits per heavy atom. The molecule has 0 aliphatic carbocycles. The van der Waals surface area contributed by atoms with Crippen molar-refractivity contribution in [1.82, 2.24) is 19.1 Å². The number of pyridine rings is 1. The Bertz CT molecular complexity index is 1170. The van der Waals surface area contributed by atoms with Crippen LogP contribution in [0.3, 0.4) is 0 Å². The van der Waals surface area contributed by atoms with Gasteiger partial charge in [-0.2, -0.15) is 0 Å². The number of nitrogens with zero attached hydrogens (tertiary/aromatic N) is 4. The highest BCUT2D eigenvalue weighted by atomic mass is 15.1. The number of hydrogen-bond acceptors (Lipinski definition) is 2. The third kappa shape index (κ3) is 2.48. The number of aromatic nitrogens is 4. The molecule has 5 aromatic rings. The van der Waals surface area contributed by atoms with Crippen LogP contribution in [0.2, 0.25) is 0 Å². The van der Waals surface area contributed by atoms with Crippen molar-refractivity contribution in [3.8, 4) is 22.5 Å². The van der Waals surface area contributed by atoms with Gasteiger partial charge >= 0.3 is 0 Å². The first kappa shape index (κ1) is 14.7. The lowest BCUT2D eigenvalue weighted by Gasteiger charge is -2.08. The first-order chi connectivity index (χ1) is 12.9. The van der Waals surface area contributed by atoms with E-state index in [1.165, 1.54) is 0 Å². The third-order valence-corrected chi connectivity index (χ3v) is 4.55. The molecule has 0 saturated carbocycles. The van der Waals surface area contributed by atoms with Gasteiger partial charge in [0.15, 0.2) is 0 Å². The molecule has 0 spiro atoms. The molecule has 3 heterocycles. The Morgan fingerprint density at radius 2 is 1.62 bits per heavy atom. The summed E-state index contributed by atoms with van der Waals surface area (Å²) >= 11 is 0.